The standard InChI is InChI=1S/C24H26F3N3O3S/c1-4-17-15(10-11-28-13-21(31)32)6-5-7-18(17)22-29-23(34-30-22)16-8-9-20(33-14(2)3)19(12-16)24(25,26)27/h5-9,12,14,28H,4,10-11,13H2,1-3H3,(H,31,32). The molecule has 34 heavy (non-hydrogen) atoms. The first-order valence-corrected chi connectivity index (χ1v) is 11.6. The number of halogens is 3. The molecule has 0 aliphatic rings. The number of hydrogen-bond acceptors (Lipinski definition) is 6. The van der Waals surface area contributed by atoms with Crippen LogP contribution in [0, 0.1) is 0 Å². The van der Waals surface area contributed by atoms with Gasteiger partial charge in [-0.2, -0.15) is 17.5 Å². The van der Waals surface area contributed by atoms with Gasteiger partial charge in [0.2, 0.25) is 0 Å². The maximum absolute atomic E-state index is 13.6. The van der Waals surface area contributed by atoms with Crippen LogP contribution in [0.15, 0.2) is 36.4 Å². The van der Waals surface area contributed by atoms with Gasteiger partial charge in [-0.1, -0.05) is 25.1 Å². The van der Waals surface area contributed by atoms with Crippen LogP contribution in [0.5, 0.6) is 5.75 Å². The number of aromatic nitrogens is 2. The van der Waals surface area contributed by atoms with Crippen LogP contribution < -0.4 is 10.1 Å². The molecule has 0 aliphatic heterocycles. The highest BCUT2D eigenvalue weighted by molar-refractivity contribution is 7.09. The van der Waals surface area contributed by atoms with Gasteiger partial charge in [-0.05, 0) is 74.1 Å². The zero-order valence-electron chi connectivity index (χ0n) is 19.1. The molecule has 1 aromatic heterocycles. The van der Waals surface area contributed by atoms with Crippen LogP contribution in [0.25, 0.3) is 22.0 Å². The van der Waals surface area contributed by atoms with E-state index in [9.17, 15) is 18.0 Å². The molecule has 0 fully saturated rings. The highest BCUT2D eigenvalue weighted by Gasteiger charge is 2.35. The number of alkyl halides is 3. The molecule has 3 aromatic rings. The Bertz CT molecular complexity index is 1150. The summed E-state index contributed by atoms with van der Waals surface area (Å²) in [6.07, 6.45) is -3.61. The molecule has 2 N–H and O–H groups in total. The third kappa shape index (κ3) is 6.32. The van der Waals surface area contributed by atoms with E-state index in [2.05, 4.69) is 14.7 Å². The SMILES string of the molecule is CCc1c(CCNCC(=O)O)cccc1-c1nsc(-c2ccc(OC(C)C)c(C(F)(F)F)c2)n1. The largest absolute Gasteiger partial charge is 0.490 e. The number of benzene rings is 2. The second-order valence-electron chi connectivity index (χ2n) is 7.92. The lowest BCUT2D eigenvalue weighted by Crippen LogP contribution is -2.24. The molecule has 0 amide bonds. The van der Waals surface area contributed by atoms with Crippen LogP contribution in [-0.2, 0) is 23.8 Å². The first-order valence-electron chi connectivity index (χ1n) is 10.9. The van der Waals surface area contributed by atoms with Crippen molar-refractivity contribution in [1.29, 1.82) is 0 Å². The fourth-order valence-corrected chi connectivity index (χ4v) is 4.28. The normalized spacial score (nSPS) is 11.7. The van der Waals surface area contributed by atoms with Gasteiger partial charge in [0.15, 0.2) is 5.82 Å². The Balaban J connectivity index is 1.91. The molecular formula is C24H26F3N3O3S. The summed E-state index contributed by atoms with van der Waals surface area (Å²) in [7, 11) is 0. The summed E-state index contributed by atoms with van der Waals surface area (Å²) in [6.45, 7) is 5.74. The van der Waals surface area contributed by atoms with E-state index in [1.807, 2.05) is 25.1 Å². The van der Waals surface area contributed by atoms with E-state index in [1.165, 1.54) is 6.07 Å². The summed E-state index contributed by atoms with van der Waals surface area (Å²) in [5.74, 6) is -0.678. The van der Waals surface area contributed by atoms with Gasteiger partial charge in [0.05, 0.1) is 18.2 Å². The van der Waals surface area contributed by atoms with Crippen LogP contribution in [0.1, 0.15) is 37.5 Å². The summed E-state index contributed by atoms with van der Waals surface area (Å²) in [5, 5.41) is 12.0. The maximum Gasteiger partial charge on any atom is 0.419 e. The minimum Gasteiger partial charge on any atom is -0.490 e. The van der Waals surface area contributed by atoms with E-state index in [4.69, 9.17) is 9.84 Å². The minimum atomic E-state index is -4.56. The summed E-state index contributed by atoms with van der Waals surface area (Å²) >= 11 is 1.04. The van der Waals surface area contributed by atoms with Crippen molar-refractivity contribution in [3.8, 4) is 27.7 Å². The second kappa shape index (κ2) is 11.0. The maximum atomic E-state index is 13.6. The highest BCUT2D eigenvalue weighted by Crippen LogP contribution is 2.40. The third-order valence-electron chi connectivity index (χ3n) is 5.04. The lowest BCUT2D eigenvalue weighted by molar-refractivity contribution is -0.139. The molecule has 1 heterocycles. The van der Waals surface area contributed by atoms with Crippen LogP contribution in [0.3, 0.4) is 0 Å². The molecule has 0 bridgehead atoms. The molecule has 0 radical (unpaired) electrons. The van der Waals surface area contributed by atoms with Gasteiger partial charge in [-0.25, -0.2) is 4.98 Å². The average molecular weight is 494 g/mol. The molecule has 0 aliphatic carbocycles. The number of hydrogen-bond donors (Lipinski definition) is 2. The molecule has 2 aromatic carbocycles. The lowest BCUT2D eigenvalue weighted by atomic mass is 9.96. The van der Waals surface area contributed by atoms with Gasteiger partial charge in [-0.15, -0.1) is 0 Å². The van der Waals surface area contributed by atoms with Crippen LogP contribution in [0.4, 0.5) is 13.2 Å². The van der Waals surface area contributed by atoms with E-state index >= 15 is 0 Å². The topological polar surface area (TPSA) is 84.3 Å². The number of nitrogens with one attached hydrogen (secondary N) is 1. The van der Waals surface area contributed by atoms with Crippen LogP contribution >= 0.6 is 11.5 Å². The number of ether oxygens (including phenoxy) is 1. The van der Waals surface area contributed by atoms with Crippen LogP contribution in [-0.4, -0.2) is 39.6 Å². The van der Waals surface area contributed by atoms with Gasteiger partial charge < -0.3 is 15.2 Å². The fourth-order valence-electron chi connectivity index (χ4n) is 3.61. The Labute approximate surface area is 200 Å². The molecule has 6 nitrogen and oxygen atoms in total. The second-order valence-corrected chi connectivity index (χ2v) is 8.67. The molecule has 0 spiro atoms. The highest BCUT2D eigenvalue weighted by atomic mass is 32.1. The van der Waals surface area contributed by atoms with Gasteiger partial charge in [0, 0.05) is 11.1 Å². The molecule has 182 valence electrons. The van der Waals surface area contributed by atoms with Crippen molar-refractivity contribution in [3.05, 3.63) is 53.1 Å². The van der Waals surface area contributed by atoms with E-state index in [0.717, 1.165) is 34.3 Å². The third-order valence-corrected chi connectivity index (χ3v) is 5.80. The number of nitrogens with zero attached hydrogens (tertiary/aromatic N) is 2. The van der Waals surface area contributed by atoms with Crippen molar-refractivity contribution >= 4 is 17.5 Å². The Hall–Kier alpha value is -2.98. The summed E-state index contributed by atoms with van der Waals surface area (Å²) < 4.78 is 50.7. The lowest BCUT2D eigenvalue weighted by Gasteiger charge is -2.16. The smallest absolute Gasteiger partial charge is 0.419 e. The first-order chi connectivity index (χ1) is 16.1. The zero-order chi connectivity index (χ0) is 24.9. The minimum absolute atomic E-state index is 0.112. The van der Waals surface area contributed by atoms with E-state index in [0.29, 0.717) is 35.8 Å². The van der Waals surface area contributed by atoms with Crippen molar-refractivity contribution in [2.24, 2.45) is 0 Å². The molecule has 0 atom stereocenters. The number of rotatable bonds is 10. The number of carbonyl (C=O) groups is 1. The number of carboxylic acids is 1. The average Bonchev–Trinajstić information content (AvgIpc) is 3.25. The van der Waals surface area contributed by atoms with Crippen LogP contribution in [0.2, 0.25) is 0 Å². The van der Waals surface area contributed by atoms with Gasteiger partial charge in [0.1, 0.15) is 10.8 Å². The molecule has 0 saturated heterocycles. The fraction of sp³-hybridized carbons (Fsp3) is 0.375. The Kier molecular flexibility index (Phi) is 8.27. The monoisotopic (exact) mass is 493 g/mol. The summed E-state index contributed by atoms with van der Waals surface area (Å²) in [5.41, 5.74) is 2.36. The van der Waals surface area contributed by atoms with Crippen molar-refractivity contribution in [3.63, 3.8) is 0 Å². The van der Waals surface area contributed by atoms with Gasteiger partial charge in [0.25, 0.3) is 0 Å². The Morgan fingerprint density at radius 2 is 2.00 bits per heavy atom. The zero-order valence-corrected chi connectivity index (χ0v) is 19.9. The quantitative estimate of drug-likeness (QED) is 0.365. The number of aliphatic carboxylic acids is 1. The van der Waals surface area contributed by atoms with E-state index in [1.54, 1.807) is 19.9 Å². The molecule has 3 rings (SSSR count). The molecular weight excluding hydrogens is 467 g/mol. The summed E-state index contributed by atoms with van der Waals surface area (Å²) in [4.78, 5) is 15.2. The Morgan fingerprint density at radius 3 is 2.65 bits per heavy atom. The predicted octanol–water partition coefficient (Wildman–Crippen LogP) is 5.46. The van der Waals surface area contributed by atoms with Crippen molar-refractivity contribution in [1.82, 2.24) is 14.7 Å². The number of carboxylic acid groups (broad SMARTS) is 1. The summed E-state index contributed by atoms with van der Waals surface area (Å²) in [6, 6.07) is 9.67. The predicted molar refractivity (Wildman–Crippen MR) is 125 cm³/mol. The van der Waals surface area contributed by atoms with E-state index < -0.39 is 17.7 Å². The molecule has 0 saturated carbocycles. The Morgan fingerprint density at radius 1 is 1.24 bits per heavy atom. The van der Waals surface area contributed by atoms with Crippen molar-refractivity contribution in [2.45, 2.75) is 45.9 Å². The van der Waals surface area contributed by atoms with Crippen molar-refractivity contribution in [2.75, 3.05) is 13.1 Å². The first kappa shape index (κ1) is 25.6. The van der Waals surface area contributed by atoms with Crippen molar-refractivity contribution < 1.29 is 27.8 Å². The molecule has 0 unspecified atom stereocenters. The van der Waals surface area contributed by atoms with Gasteiger partial charge >= 0.3 is 12.1 Å². The van der Waals surface area contributed by atoms with Gasteiger partial charge in [-0.3, -0.25) is 4.79 Å². The molecule has 10 heteroatoms. The van der Waals surface area contributed by atoms with E-state index in [-0.39, 0.29) is 18.4 Å².